The van der Waals surface area contributed by atoms with Crippen LogP contribution in [0, 0.1) is 13.8 Å². The number of H-pyrrole nitrogens is 1. The van der Waals surface area contributed by atoms with Gasteiger partial charge < -0.3 is 14.8 Å². The second-order valence-corrected chi connectivity index (χ2v) is 8.42. The molecule has 3 rings (SSSR count). The number of hydrogen-bond donors (Lipinski definition) is 2. The van der Waals surface area contributed by atoms with E-state index < -0.39 is 17.8 Å². The van der Waals surface area contributed by atoms with E-state index in [-0.39, 0.29) is 45.7 Å². The first-order chi connectivity index (χ1) is 15.3. The number of thiophene rings is 1. The summed E-state index contributed by atoms with van der Waals surface area (Å²) >= 11 is 2.06. The van der Waals surface area contributed by atoms with Gasteiger partial charge in [0.1, 0.15) is 9.88 Å². The van der Waals surface area contributed by atoms with Crippen LogP contribution >= 0.6 is 23.1 Å². The van der Waals surface area contributed by atoms with Crippen LogP contribution in [0.3, 0.4) is 0 Å². The summed E-state index contributed by atoms with van der Waals surface area (Å²) in [5.74, 6) is -1.41. The smallest absolute Gasteiger partial charge is 0.348 e. The minimum atomic E-state index is -0.636. The lowest BCUT2D eigenvalue weighted by Crippen LogP contribution is -2.17. The molecule has 0 aromatic carbocycles. The zero-order valence-corrected chi connectivity index (χ0v) is 19.4. The summed E-state index contributed by atoms with van der Waals surface area (Å²) in [6.45, 7) is 7.00. The Morgan fingerprint density at radius 2 is 1.84 bits per heavy atom. The van der Waals surface area contributed by atoms with Crippen molar-refractivity contribution in [3.8, 4) is 0 Å². The van der Waals surface area contributed by atoms with E-state index in [1.54, 1.807) is 32.1 Å². The molecule has 0 fully saturated rings. The van der Waals surface area contributed by atoms with Gasteiger partial charge in [-0.15, -0.1) is 21.5 Å². The number of ether oxygens (including phenoxy) is 2. The summed E-state index contributed by atoms with van der Waals surface area (Å²) in [5.41, 5.74) is 0.834. The van der Waals surface area contributed by atoms with Crippen molar-refractivity contribution in [1.29, 1.82) is 0 Å². The molecule has 0 atom stereocenters. The molecule has 0 bridgehead atoms. The van der Waals surface area contributed by atoms with Gasteiger partial charge in [-0.3, -0.25) is 19.0 Å². The van der Waals surface area contributed by atoms with E-state index >= 15 is 0 Å². The molecule has 0 radical (unpaired) electrons. The van der Waals surface area contributed by atoms with Crippen LogP contribution in [-0.4, -0.2) is 56.4 Å². The van der Waals surface area contributed by atoms with Gasteiger partial charge in [-0.1, -0.05) is 11.8 Å². The highest BCUT2D eigenvalue weighted by Gasteiger charge is 2.27. The molecule has 0 unspecified atom stereocenters. The van der Waals surface area contributed by atoms with Crippen molar-refractivity contribution in [3.63, 3.8) is 0 Å². The Hall–Kier alpha value is -3.19. The highest BCUT2D eigenvalue weighted by atomic mass is 32.2. The van der Waals surface area contributed by atoms with E-state index in [1.165, 1.54) is 6.07 Å². The molecule has 0 spiro atoms. The topological polar surface area (TPSA) is 145 Å². The average molecular weight is 480 g/mol. The Kier molecular flexibility index (Phi) is 7.30. The van der Waals surface area contributed by atoms with E-state index in [0.717, 1.165) is 23.1 Å². The number of aromatic amines is 1. The van der Waals surface area contributed by atoms with Crippen LogP contribution in [0.1, 0.15) is 45.1 Å². The Bertz CT molecular complexity index is 1250. The molecule has 0 saturated carbocycles. The standard InChI is InChI=1S/C19H21N5O6S2/c1-5-29-16(27)13-10(4)14(17(28)30-6-2)32-15(13)20-12(26)8-31-19-23-22-18-21-11(25)7-9(3)24(18)19/h7H,5-6,8H2,1-4H3,(H,20,26)(H,21,22,25). The first-order valence-electron chi connectivity index (χ1n) is 9.62. The molecule has 0 aliphatic heterocycles. The number of esters is 2. The fourth-order valence-electron chi connectivity index (χ4n) is 2.90. The van der Waals surface area contributed by atoms with Crippen LogP contribution in [-0.2, 0) is 14.3 Å². The number of anilines is 1. The van der Waals surface area contributed by atoms with Gasteiger partial charge in [0.25, 0.3) is 5.56 Å². The Labute approximate surface area is 190 Å². The normalized spacial score (nSPS) is 10.9. The summed E-state index contributed by atoms with van der Waals surface area (Å²) in [5, 5.41) is 11.2. The van der Waals surface area contributed by atoms with E-state index in [2.05, 4.69) is 20.5 Å². The number of carbonyl (C=O) groups is 3. The highest BCUT2D eigenvalue weighted by Crippen LogP contribution is 2.34. The number of aromatic nitrogens is 4. The van der Waals surface area contributed by atoms with Crippen molar-refractivity contribution < 1.29 is 23.9 Å². The van der Waals surface area contributed by atoms with Gasteiger partial charge in [0.05, 0.1) is 24.5 Å². The SMILES string of the molecule is CCOC(=O)c1sc(NC(=O)CSc2nnc3[nH]c(=O)cc(C)n23)c(C(=O)OCC)c1C. The molecule has 11 nitrogen and oxygen atoms in total. The third-order valence-corrected chi connectivity index (χ3v) is 6.35. The summed E-state index contributed by atoms with van der Waals surface area (Å²) < 4.78 is 11.7. The minimum Gasteiger partial charge on any atom is -0.462 e. The molecule has 13 heteroatoms. The number of nitrogens with one attached hydrogen (secondary N) is 2. The molecule has 3 aromatic heterocycles. The number of thioether (sulfide) groups is 1. The predicted octanol–water partition coefficient (Wildman–Crippen LogP) is 2.18. The highest BCUT2D eigenvalue weighted by molar-refractivity contribution is 7.99. The van der Waals surface area contributed by atoms with Gasteiger partial charge >= 0.3 is 11.9 Å². The maximum Gasteiger partial charge on any atom is 0.348 e. The molecular formula is C19H21N5O6S2. The third-order valence-electron chi connectivity index (χ3n) is 4.23. The first kappa shape index (κ1) is 23.5. The second-order valence-electron chi connectivity index (χ2n) is 6.45. The average Bonchev–Trinajstić information content (AvgIpc) is 3.27. The zero-order chi connectivity index (χ0) is 23.4. The van der Waals surface area contributed by atoms with Crippen LogP contribution < -0.4 is 10.9 Å². The molecular weight excluding hydrogens is 458 g/mol. The zero-order valence-electron chi connectivity index (χ0n) is 17.8. The van der Waals surface area contributed by atoms with Crippen LogP contribution in [0.25, 0.3) is 5.78 Å². The Balaban J connectivity index is 1.81. The van der Waals surface area contributed by atoms with Crippen LogP contribution in [0.5, 0.6) is 0 Å². The van der Waals surface area contributed by atoms with Crippen molar-refractivity contribution in [2.75, 3.05) is 24.3 Å². The van der Waals surface area contributed by atoms with Gasteiger partial charge in [-0.2, -0.15) is 0 Å². The molecule has 170 valence electrons. The van der Waals surface area contributed by atoms with Gasteiger partial charge in [0, 0.05) is 11.8 Å². The van der Waals surface area contributed by atoms with Crippen molar-refractivity contribution in [1.82, 2.24) is 19.6 Å². The van der Waals surface area contributed by atoms with E-state index in [4.69, 9.17) is 9.47 Å². The van der Waals surface area contributed by atoms with E-state index in [1.807, 2.05) is 0 Å². The first-order valence-corrected chi connectivity index (χ1v) is 11.4. The second kappa shape index (κ2) is 9.96. The number of aryl methyl sites for hydroxylation is 1. The van der Waals surface area contributed by atoms with Gasteiger partial charge in [0.15, 0.2) is 5.16 Å². The van der Waals surface area contributed by atoms with Crippen molar-refractivity contribution in [2.24, 2.45) is 0 Å². The summed E-state index contributed by atoms with van der Waals surface area (Å²) in [6, 6.07) is 1.40. The molecule has 3 aromatic rings. The number of nitrogens with zero attached hydrogens (tertiary/aromatic N) is 3. The lowest BCUT2D eigenvalue weighted by molar-refractivity contribution is -0.113. The maximum absolute atomic E-state index is 12.6. The van der Waals surface area contributed by atoms with Crippen LogP contribution in [0.4, 0.5) is 5.00 Å². The molecule has 3 heterocycles. The van der Waals surface area contributed by atoms with Gasteiger partial charge in [-0.25, -0.2) is 9.59 Å². The Morgan fingerprint density at radius 3 is 2.53 bits per heavy atom. The largest absolute Gasteiger partial charge is 0.462 e. The predicted molar refractivity (Wildman–Crippen MR) is 119 cm³/mol. The van der Waals surface area contributed by atoms with Crippen molar-refractivity contribution in [2.45, 2.75) is 32.9 Å². The quantitative estimate of drug-likeness (QED) is 0.367. The third kappa shape index (κ3) is 4.83. The number of carbonyl (C=O) groups excluding carboxylic acids is 3. The van der Waals surface area contributed by atoms with Crippen LogP contribution in [0.15, 0.2) is 16.0 Å². The number of amides is 1. The number of rotatable bonds is 8. The Morgan fingerprint density at radius 1 is 1.16 bits per heavy atom. The number of hydrogen-bond acceptors (Lipinski definition) is 10. The van der Waals surface area contributed by atoms with E-state index in [0.29, 0.717) is 16.4 Å². The van der Waals surface area contributed by atoms with Crippen molar-refractivity contribution >= 4 is 51.7 Å². The minimum absolute atomic E-state index is 0.0483. The monoisotopic (exact) mass is 479 g/mol. The van der Waals surface area contributed by atoms with Crippen LogP contribution in [0.2, 0.25) is 0 Å². The maximum atomic E-state index is 12.6. The molecule has 0 aliphatic rings. The number of fused-ring (bicyclic) bond motifs is 1. The lowest BCUT2D eigenvalue weighted by Gasteiger charge is -2.07. The molecule has 2 N–H and O–H groups in total. The van der Waals surface area contributed by atoms with Gasteiger partial charge in [-0.05, 0) is 33.3 Å². The fourth-order valence-corrected chi connectivity index (χ4v) is 4.79. The summed E-state index contributed by atoms with van der Waals surface area (Å²) in [7, 11) is 0. The summed E-state index contributed by atoms with van der Waals surface area (Å²) in [4.78, 5) is 51.6. The molecule has 1 amide bonds. The fraction of sp³-hybridized carbons (Fsp3) is 0.368. The molecule has 0 aliphatic carbocycles. The molecule has 0 saturated heterocycles. The lowest BCUT2D eigenvalue weighted by atomic mass is 10.1. The summed E-state index contributed by atoms with van der Waals surface area (Å²) in [6.07, 6.45) is 0. The van der Waals surface area contributed by atoms with E-state index in [9.17, 15) is 19.2 Å². The van der Waals surface area contributed by atoms with Crippen molar-refractivity contribution in [3.05, 3.63) is 38.1 Å². The van der Waals surface area contributed by atoms with Gasteiger partial charge in [0.2, 0.25) is 11.7 Å². The molecule has 32 heavy (non-hydrogen) atoms.